The number of aromatic nitrogens is 2. The lowest BCUT2D eigenvalue weighted by atomic mass is 10.3. The number of benzene rings is 1. The largest absolute Gasteiger partial charge is 0.253 e. The van der Waals surface area contributed by atoms with Crippen molar-refractivity contribution in [3.8, 4) is 0 Å². The van der Waals surface area contributed by atoms with Crippen molar-refractivity contribution in [2.24, 2.45) is 0 Å². The predicted octanol–water partition coefficient (Wildman–Crippen LogP) is 2.20. The van der Waals surface area contributed by atoms with Crippen molar-refractivity contribution >= 4 is 20.9 Å². The highest BCUT2D eigenvalue weighted by Crippen LogP contribution is 2.26. The van der Waals surface area contributed by atoms with Gasteiger partial charge in [-0.3, -0.25) is 9.97 Å². The van der Waals surface area contributed by atoms with Crippen molar-refractivity contribution in [2.75, 3.05) is 0 Å². The minimum absolute atomic E-state index is 0.290. The van der Waals surface area contributed by atoms with Crippen LogP contribution in [0.15, 0.2) is 35.5 Å². The first-order valence-corrected chi connectivity index (χ1v) is 6.76. The van der Waals surface area contributed by atoms with Gasteiger partial charge in [0.25, 0.3) is 0 Å². The molecule has 0 radical (unpaired) electrons. The Balaban J connectivity index is 2.66. The smallest absolute Gasteiger partial charge is 0.183 e. The molecule has 1 aromatic heterocycles. The summed E-state index contributed by atoms with van der Waals surface area (Å²) in [4.78, 5) is 8.51. The molecule has 0 saturated heterocycles. The first-order valence-electron chi connectivity index (χ1n) is 5.28. The van der Waals surface area contributed by atoms with E-state index in [1.54, 1.807) is 51.4 Å². The van der Waals surface area contributed by atoms with Crippen LogP contribution in [0.3, 0.4) is 0 Å². The van der Waals surface area contributed by atoms with Crippen LogP contribution < -0.4 is 0 Å². The Hall–Kier alpha value is -1.49. The summed E-state index contributed by atoms with van der Waals surface area (Å²) in [5, 5.41) is 0. The van der Waals surface area contributed by atoms with Crippen molar-refractivity contribution in [1.29, 1.82) is 0 Å². The van der Waals surface area contributed by atoms with Gasteiger partial charge in [0.2, 0.25) is 0 Å². The molecule has 0 aliphatic carbocycles. The maximum Gasteiger partial charge on any atom is 0.183 e. The minimum atomic E-state index is -3.34. The minimum Gasteiger partial charge on any atom is -0.253 e. The molecule has 0 spiro atoms. The molecule has 0 aliphatic heterocycles. The van der Waals surface area contributed by atoms with Gasteiger partial charge in [-0.2, -0.15) is 0 Å². The summed E-state index contributed by atoms with van der Waals surface area (Å²) in [7, 11) is -3.34. The monoisotopic (exact) mass is 250 g/mol. The highest BCUT2D eigenvalue weighted by atomic mass is 32.2. The number of fused-ring (bicyclic) bond motifs is 1. The molecule has 2 rings (SSSR count). The molecular formula is C12H14N2O2S. The molecule has 0 fully saturated rings. The van der Waals surface area contributed by atoms with Gasteiger partial charge in [-0.25, -0.2) is 8.42 Å². The molecule has 2 aromatic rings. The SMILES string of the molecule is CC(C)(C)S(=O)(=O)c1ccc2nccnc2c1. The van der Waals surface area contributed by atoms with Gasteiger partial charge in [-0.1, -0.05) is 0 Å². The van der Waals surface area contributed by atoms with Gasteiger partial charge < -0.3 is 0 Å². The average Bonchev–Trinajstić information content (AvgIpc) is 2.27. The average molecular weight is 250 g/mol. The molecule has 0 N–H and O–H groups in total. The first-order chi connectivity index (χ1) is 7.82. The van der Waals surface area contributed by atoms with E-state index in [0.29, 0.717) is 11.0 Å². The van der Waals surface area contributed by atoms with E-state index in [2.05, 4.69) is 9.97 Å². The highest BCUT2D eigenvalue weighted by molar-refractivity contribution is 7.92. The third kappa shape index (κ3) is 2.02. The molecule has 1 aromatic carbocycles. The second kappa shape index (κ2) is 3.77. The Morgan fingerprint density at radius 2 is 1.59 bits per heavy atom. The van der Waals surface area contributed by atoms with E-state index in [9.17, 15) is 8.42 Å². The summed E-state index contributed by atoms with van der Waals surface area (Å²) in [5.41, 5.74) is 1.29. The molecule has 4 nitrogen and oxygen atoms in total. The number of sulfone groups is 1. The van der Waals surface area contributed by atoms with Crippen molar-refractivity contribution in [1.82, 2.24) is 9.97 Å². The van der Waals surface area contributed by atoms with E-state index in [-0.39, 0.29) is 4.90 Å². The Kier molecular flexibility index (Phi) is 2.66. The summed E-state index contributed by atoms with van der Waals surface area (Å²) < 4.78 is 23.7. The lowest BCUT2D eigenvalue weighted by Gasteiger charge is -2.19. The van der Waals surface area contributed by atoms with Gasteiger partial charge >= 0.3 is 0 Å². The molecule has 0 bridgehead atoms. The fourth-order valence-corrected chi connectivity index (χ4v) is 2.68. The van der Waals surface area contributed by atoms with Crippen LogP contribution in [0.1, 0.15) is 20.8 Å². The lowest BCUT2D eigenvalue weighted by Crippen LogP contribution is -2.27. The van der Waals surface area contributed by atoms with Crippen LogP contribution in [0.5, 0.6) is 0 Å². The zero-order chi connectivity index (χ0) is 12.7. The van der Waals surface area contributed by atoms with E-state index in [1.807, 2.05) is 0 Å². The van der Waals surface area contributed by atoms with Crippen LogP contribution in [0.2, 0.25) is 0 Å². The fraction of sp³-hybridized carbons (Fsp3) is 0.333. The summed E-state index contributed by atoms with van der Waals surface area (Å²) >= 11 is 0. The van der Waals surface area contributed by atoms with Crippen LogP contribution in [0.4, 0.5) is 0 Å². The Bertz CT molecular complexity index is 658. The predicted molar refractivity (Wildman–Crippen MR) is 66.5 cm³/mol. The zero-order valence-corrected chi connectivity index (χ0v) is 10.8. The Labute approximate surface area is 101 Å². The molecule has 0 aliphatic rings. The third-order valence-corrected chi connectivity index (χ3v) is 5.04. The van der Waals surface area contributed by atoms with Crippen LogP contribution in [-0.4, -0.2) is 23.1 Å². The fourth-order valence-electron chi connectivity index (χ4n) is 1.46. The molecule has 0 saturated carbocycles. The molecule has 90 valence electrons. The van der Waals surface area contributed by atoms with Crippen molar-refractivity contribution in [3.05, 3.63) is 30.6 Å². The van der Waals surface area contributed by atoms with Gasteiger partial charge in [0.1, 0.15) is 0 Å². The van der Waals surface area contributed by atoms with Gasteiger partial charge in [0.15, 0.2) is 9.84 Å². The topological polar surface area (TPSA) is 59.9 Å². The summed E-state index contributed by atoms with van der Waals surface area (Å²) in [5.74, 6) is 0. The Morgan fingerprint density at radius 1 is 1.00 bits per heavy atom. The van der Waals surface area contributed by atoms with Crippen LogP contribution in [-0.2, 0) is 9.84 Å². The van der Waals surface area contributed by atoms with E-state index in [0.717, 1.165) is 0 Å². The highest BCUT2D eigenvalue weighted by Gasteiger charge is 2.30. The quantitative estimate of drug-likeness (QED) is 0.778. The van der Waals surface area contributed by atoms with Crippen molar-refractivity contribution in [2.45, 2.75) is 30.4 Å². The van der Waals surface area contributed by atoms with Crippen molar-refractivity contribution < 1.29 is 8.42 Å². The van der Waals surface area contributed by atoms with Gasteiger partial charge in [0, 0.05) is 12.4 Å². The number of rotatable bonds is 1. The van der Waals surface area contributed by atoms with Gasteiger partial charge in [-0.05, 0) is 39.0 Å². The maximum atomic E-state index is 12.2. The molecule has 1 heterocycles. The molecule has 17 heavy (non-hydrogen) atoms. The standard InChI is InChI=1S/C12H14N2O2S/c1-12(2,3)17(15,16)9-4-5-10-11(8-9)14-7-6-13-10/h4-8H,1-3H3. The molecule has 0 unspecified atom stereocenters. The van der Waals surface area contributed by atoms with E-state index >= 15 is 0 Å². The second-order valence-corrected chi connectivity index (χ2v) is 7.53. The molecular weight excluding hydrogens is 236 g/mol. The second-order valence-electron chi connectivity index (χ2n) is 4.82. The van der Waals surface area contributed by atoms with Crippen LogP contribution in [0, 0.1) is 0 Å². The third-order valence-electron chi connectivity index (χ3n) is 2.56. The summed E-state index contributed by atoms with van der Waals surface area (Å²) in [6.45, 7) is 5.05. The molecule has 0 amide bonds. The lowest BCUT2D eigenvalue weighted by molar-refractivity contribution is 0.560. The summed E-state index contributed by atoms with van der Waals surface area (Å²) in [6.07, 6.45) is 3.14. The van der Waals surface area contributed by atoms with Gasteiger partial charge in [-0.15, -0.1) is 0 Å². The number of nitrogens with zero attached hydrogens (tertiary/aromatic N) is 2. The van der Waals surface area contributed by atoms with Gasteiger partial charge in [0.05, 0.1) is 20.7 Å². The number of hydrogen-bond acceptors (Lipinski definition) is 4. The first kappa shape index (κ1) is 12.0. The summed E-state index contributed by atoms with van der Waals surface area (Å²) in [6, 6.07) is 4.83. The molecule has 5 heteroatoms. The van der Waals surface area contributed by atoms with Crippen LogP contribution >= 0.6 is 0 Å². The normalized spacial score (nSPS) is 12.9. The Morgan fingerprint density at radius 3 is 2.18 bits per heavy atom. The van der Waals surface area contributed by atoms with E-state index in [1.165, 1.54) is 0 Å². The van der Waals surface area contributed by atoms with E-state index in [4.69, 9.17) is 0 Å². The molecule has 0 atom stereocenters. The van der Waals surface area contributed by atoms with Crippen molar-refractivity contribution in [3.63, 3.8) is 0 Å². The maximum absolute atomic E-state index is 12.2. The zero-order valence-electron chi connectivity index (χ0n) is 10.0. The number of hydrogen-bond donors (Lipinski definition) is 0. The van der Waals surface area contributed by atoms with E-state index < -0.39 is 14.6 Å². The van der Waals surface area contributed by atoms with Crippen LogP contribution in [0.25, 0.3) is 11.0 Å².